The van der Waals surface area contributed by atoms with E-state index in [1.54, 1.807) is 13.2 Å². The van der Waals surface area contributed by atoms with Gasteiger partial charge >= 0.3 is 0 Å². The van der Waals surface area contributed by atoms with Crippen LogP contribution in [0.4, 0.5) is 0 Å². The average Bonchev–Trinajstić information content (AvgIpc) is 3.26. The molecule has 0 spiro atoms. The maximum atomic E-state index is 13.4. The lowest BCUT2D eigenvalue weighted by Crippen LogP contribution is -2.49. The van der Waals surface area contributed by atoms with Gasteiger partial charge in [-0.3, -0.25) is 4.79 Å². The second kappa shape index (κ2) is 12.8. The molecule has 5 atom stereocenters. The van der Waals surface area contributed by atoms with Gasteiger partial charge < -0.3 is 30.3 Å². The number of ether oxygens (including phenoxy) is 2. The molecule has 1 saturated heterocycles. The minimum Gasteiger partial charge on any atom is -0.455 e. The highest BCUT2D eigenvalue weighted by Crippen LogP contribution is 2.47. The minimum atomic E-state index is -1.26. The topological polar surface area (TPSA) is 105 Å². The lowest BCUT2D eigenvalue weighted by atomic mass is 9.73. The highest BCUT2D eigenvalue weighted by Gasteiger charge is 2.45. The Hall–Kier alpha value is -2.16. The van der Waals surface area contributed by atoms with Crippen molar-refractivity contribution in [2.75, 3.05) is 26.8 Å². The number of hydrogen-bond acceptors (Lipinski definition) is 6. The Morgan fingerprint density at radius 1 is 1.18 bits per heavy atom. The number of nitrogens with two attached hydrogens (primary N) is 1. The number of carbonyl (C=O) groups excluding carboxylic acids is 1. The maximum absolute atomic E-state index is 13.4. The Balaban J connectivity index is 1.65. The number of carbonyl (C=O) groups is 1. The first-order valence-corrected chi connectivity index (χ1v) is 14.1. The van der Waals surface area contributed by atoms with E-state index in [0.717, 1.165) is 31.2 Å². The van der Waals surface area contributed by atoms with Gasteiger partial charge in [0.15, 0.2) is 5.75 Å². The van der Waals surface area contributed by atoms with Crippen molar-refractivity contribution in [1.29, 1.82) is 0 Å². The highest BCUT2D eigenvalue weighted by atomic mass is 35.5. The van der Waals surface area contributed by atoms with Gasteiger partial charge in [-0.25, -0.2) is 0 Å². The van der Waals surface area contributed by atoms with Crippen LogP contribution in [0.25, 0.3) is 0 Å². The van der Waals surface area contributed by atoms with Crippen LogP contribution in [0.15, 0.2) is 42.5 Å². The lowest BCUT2D eigenvalue weighted by Gasteiger charge is -2.44. The van der Waals surface area contributed by atoms with Crippen LogP contribution in [-0.4, -0.2) is 60.0 Å². The zero-order valence-electron chi connectivity index (χ0n) is 22.4. The SMILES string of the molecule is COCCCCC(O)(c1cccc(Cl)c1Oc1ccccc1C)C1CCCN(C(=O)C2CC(N)C(O)C2)C1. The number of unbranched alkanes of at least 4 members (excludes halogenated alkanes) is 1. The zero-order valence-corrected chi connectivity index (χ0v) is 23.2. The van der Waals surface area contributed by atoms with Crippen LogP contribution in [0.1, 0.15) is 56.1 Å². The van der Waals surface area contributed by atoms with Gasteiger partial charge in [-0.2, -0.15) is 0 Å². The smallest absolute Gasteiger partial charge is 0.225 e. The molecule has 1 aliphatic carbocycles. The van der Waals surface area contributed by atoms with E-state index in [2.05, 4.69) is 0 Å². The second-order valence-electron chi connectivity index (χ2n) is 10.9. The molecule has 4 N–H and O–H groups in total. The number of aliphatic hydroxyl groups excluding tert-OH is 1. The van der Waals surface area contributed by atoms with Crippen molar-refractivity contribution in [3.05, 3.63) is 58.6 Å². The van der Waals surface area contributed by atoms with Gasteiger partial charge in [0.25, 0.3) is 0 Å². The summed E-state index contributed by atoms with van der Waals surface area (Å²) in [5.41, 5.74) is 6.34. The van der Waals surface area contributed by atoms with Crippen LogP contribution in [-0.2, 0) is 15.1 Å². The van der Waals surface area contributed by atoms with Crippen molar-refractivity contribution < 1.29 is 24.5 Å². The molecule has 8 heteroatoms. The van der Waals surface area contributed by atoms with Gasteiger partial charge in [0.1, 0.15) is 5.75 Å². The summed E-state index contributed by atoms with van der Waals surface area (Å²) >= 11 is 6.70. The Kier molecular flexibility index (Phi) is 9.71. The first kappa shape index (κ1) is 28.8. The molecule has 2 aromatic carbocycles. The number of para-hydroxylation sites is 2. The van der Waals surface area contributed by atoms with Gasteiger partial charge in [0.05, 0.1) is 16.7 Å². The molecule has 1 amide bonds. The van der Waals surface area contributed by atoms with Crippen LogP contribution < -0.4 is 10.5 Å². The van der Waals surface area contributed by atoms with E-state index in [-0.39, 0.29) is 23.8 Å². The fourth-order valence-corrected chi connectivity index (χ4v) is 6.22. The number of methoxy groups -OCH3 is 1. The fourth-order valence-electron chi connectivity index (χ4n) is 6.01. The van der Waals surface area contributed by atoms with E-state index in [4.69, 9.17) is 26.8 Å². The van der Waals surface area contributed by atoms with Gasteiger partial charge in [0.2, 0.25) is 5.91 Å². The van der Waals surface area contributed by atoms with E-state index in [0.29, 0.717) is 61.0 Å². The van der Waals surface area contributed by atoms with Gasteiger partial charge in [-0.15, -0.1) is 0 Å². The van der Waals surface area contributed by atoms with Crippen LogP contribution in [0, 0.1) is 18.8 Å². The summed E-state index contributed by atoms with van der Waals surface area (Å²) in [5, 5.41) is 23.1. The third-order valence-electron chi connectivity index (χ3n) is 8.23. The first-order chi connectivity index (χ1) is 18.2. The van der Waals surface area contributed by atoms with Crippen molar-refractivity contribution in [3.63, 3.8) is 0 Å². The lowest BCUT2D eigenvalue weighted by molar-refractivity contribution is -0.141. The molecule has 2 fully saturated rings. The predicted molar refractivity (Wildman–Crippen MR) is 148 cm³/mol. The summed E-state index contributed by atoms with van der Waals surface area (Å²) in [5.74, 6) is 0.664. The van der Waals surface area contributed by atoms with E-state index in [1.165, 1.54) is 0 Å². The van der Waals surface area contributed by atoms with Crippen molar-refractivity contribution in [2.24, 2.45) is 17.6 Å². The monoisotopic (exact) mass is 544 g/mol. The molecule has 5 unspecified atom stereocenters. The molecule has 2 aliphatic rings. The number of piperidine rings is 1. The molecular weight excluding hydrogens is 504 g/mol. The summed E-state index contributed by atoms with van der Waals surface area (Å²) in [6.07, 6.45) is 3.84. The van der Waals surface area contributed by atoms with E-state index >= 15 is 0 Å². The van der Waals surface area contributed by atoms with Crippen molar-refractivity contribution in [2.45, 2.75) is 69.6 Å². The summed E-state index contributed by atoms with van der Waals surface area (Å²) in [7, 11) is 1.67. The number of halogens is 1. The average molecular weight is 545 g/mol. The van der Waals surface area contributed by atoms with Crippen molar-refractivity contribution in [3.8, 4) is 11.5 Å². The molecule has 38 heavy (non-hydrogen) atoms. The Morgan fingerprint density at radius 2 is 1.97 bits per heavy atom. The largest absolute Gasteiger partial charge is 0.455 e. The zero-order chi connectivity index (χ0) is 27.3. The summed E-state index contributed by atoms with van der Waals surface area (Å²) in [4.78, 5) is 15.3. The Bertz CT molecular complexity index is 1090. The van der Waals surface area contributed by atoms with Crippen molar-refractivity contribution in [1.82, 2.24) is 4.90 Å². The predicted octanol–water partition coefficient (Wildman–Crippen LogP) is 4.78. The number of likely N-dealkylation sites (tertiary alicyclic amines) is 1. The van der Waals surface area contributed by atoms with Crippen LogP contribution in [0.5, 0.6) is 11.5 Å². The second-order valence-corrected chi connectivity index (χ2v) is 11.3. The number of aliphatic hydroxyl groups is 2. The summed E-state index contributed by atoms with van der Waals surface area (Å²) in [6.45, 7) is 3.65. The van der Waals surface area contributed by atoms with Gasteiger partial charge in [0, 0.05) is 50.2 Å². The number of amides is 1. The quantitative estimate of drug-likeness (QED) is 0.372. The van der Waals surface area contributed by atoms with Crippen molar-refractivity contribution >= 4 is 17.5 Å². The normalized spacial score (nSPS) is 25.3. The molecular formula is C30H41ClN2O5. The first-order valence-electron chi connectivity index (χ1n) is 13.7. The maximum Gasteiger partial charge on any atom is 0.225 e. The Morgan fingerprint density at radius 3 is 2.68 bits per heavy atom. The van der Waals surface area contributed by atoms with E-state index in [1.807, 2.05) is 48.2 Å². The standard InChI is InChI=1S/C30H41ClN2O5/c1-20-9-3-4-13-27(20)38-28-23(11-7-12-24(28)31)30(36,14-5-6-16-37-2)22-10-8-15-33(19-22)29(35)21-17-25(32)26(34)18-21/h3-4,7,9,11-13,21-22,25-26,34,36H,5-6,8,10,14-19,32H2,1-2H3. The number of aryl methyl sites for hydroxylation is 1. The van der Waals surface area contributed by atoms with Gasteiger partial charge in [-0.1, -0.05) is 41.9 Å². The summed E-state index contributed by atoms with van der Waals surface area (Å²) in [6, 6.07) is 12.9. The molecule has 208 valence electrons. The van der Waals surface area contributed by atoms with E-state index in [9.17, 15) is 15.0 Å². The van der Waals surface area contributed by atoms with E-state index < -0.39 is 11.7 Å². The fraction of sp³-hybridized carbons (Fsp3) is 0.567. The van der Waals surface area contributed by atoms with Crippen LogP contribution in [0.2, 0.25) is 5.02 Å². The molecule has 0 bridgehead atoms. The van der Waals surface area contributed by atoms with Crippen LogP contribution in [0.3, 0.4) is 0 Å². The molecule has 1 saturated carbocycles. The molecule has 1 heterocycles. The Labute approximate surface area is 230 Å². The summed E-state index contributed by atoms with van der Waals surface area (Å²) < 4.78 is 11.6. The number of nitrogens with zero attached hydrogens (tertiary/aromatic N) is 1. The molecule has 4 rings (SSSR count). The number of benzene rings is 2. The van der Waals surface area contributed by atoms with Crippen LogP contribution >= 0.6 is 11.6 Å². The molecule has 7 nitrogen and oxygen atoms in total. The molecule has 0 aromatic heterocycles. The molecule has 0 radical (unpaired) electrons. The highest BCUT2D eigenvalue weighted by molar-refractivity contribution is 6.32. The molecule has 1 aliphatic heterocycles. The third-order valence-corrected chi connectivity index (χ3v) is 8.53. The number of rotatable bonds is 10. The third kappa shape index (κ3) is 6.35. The number of hydrogen-bond donors (Lipinski definition) is 3. The minimum absolute atomic E-state index is 0.0194. The molecule has 2 aromatic rings. The van der Waals surface area contributed by atoms with Gasteiger partial charge in [-0.05, 0) is 69.6 Å².